The van der Waals surface area contributed by atoms with E-state index in [9.17, 15) is 4.79 Å². The van der Waals surface area contributed by atoms with Crippen LogP contribution in [0.4, 0.5) is 0 Å². The van der Waals surface area contributed by atoms with Gasteiger partial charge in [0.1, 0.15) is 6.29 Å². The van der Waals surface area contributed by atoms with Gasteiger partial charge in [-0.05, 0) is 6.92 Å². The van der Waals surface area contributed by atoms with Crippen LogP contribution in [-0.2, 0) is 14.3 Å². The summed E-state index contributed by atoms with van der Waals surface area (Å²) in [6.45, 7) is 2.97. The minimum absolute atomic E-state index is 0.117. The Bertz CT molecular complexity index is 82.9. The molecule has 0 aromatic rings. The van der Waals surface area contributed by atoms with Crippen LogP contribution < -0.4 is 0 Å². The van der Waals surface area contributed by atoms with Crippen molar-refractivity contribution in [2.75, 3.05) is 20.3 Å². The SMILES string of the molecule is COC(C)COCCC=O. The first-order valence-electron chi connectivity index (χ1n) is 3.35. The zero-order valence-electron chi connectivity index (χ0n) is 6.50. The molecule has 0 spiro atoms. The van der Waals surface area contributed by atoms with E-state index in [0.717, 1.165) is 6.29 Å². The number of rotatable bonds is 6. The van der Waals surface area contributed by atoms with Gasteiger partial charge in [-0.2, -0.15) is 0 Å². The standard InChI is InChI=1S/C7H14O3/c1-7(9-2)6-10-5-3-4-8/h4,7H,3,5-6H2,1-2H3. The second kappa shape index (κ2) is 6.71. The molecule has 0 aliphatic carbocycles. The summed E-state index contributed by atoms with van der Waals surface area (Å²) in [5.41, 5.74) is 0. The number of methoxy groups -OCH3 is 1. The highest BCUT2D eigenvalue weighted by Crippen LogP contribution is 1.88. The molecule has 60 valence electrons. The van der Waals surface area contributed by atoms with Gasteiger partial charge in [0, 0.05) is 13.5 Å². The van der Waals surface area contributed by atoms with Gasteiger partial charge in [0.05, 0.1) is 19.3 Å². The number of ether oxygens (including phenoxy) is 2. The van der Waals surface area contributed by atoms with E-state index in [-0.39, 0.29) is 6.10 Å². The van der Waals surface area contributed by atoms with Crippen molar-refractivity contribution < 1.29 is 14.3 Å². The lowest BCUT2D eigenvalue weighted by atomic mass is 10.4. The van der Waals surface area contributed by atoms with E-state index >= 15 is 0 Å². The fourth-order valence-corrected chi connectivity index (χ4v) is 0.449. The summed E-state index contributed by atoms with van der Waals surface area (Å²) >= 11 is 0. The molecule has 10 heavy (non-hydrogen) atoms. The summed E-state index contributed by atoms with van der Waals surface area (Å²) in [5.74, 6) is 0. The minimum Gasteiger partial charge on any atom is -0.379 e. The lowest BCUT2D eigenvalue weighted by Crippen LogP contribution is -2.14. The van der Waals surface area contributed by atoms with E-state index in [4.69, 9.17) is 9.47 Å². The molecule has 1 atom stereocenters. The molecule has 0 aliphatic heterocycles. The molecule has 3 heteroatoms. The topological polar surface area (TPSA) is 35.5 Å². The Hall–Kier alpha value is -0.410. The van der Waals surface area contributed by atoms with Crippen LogP contribution in [0.2, 0.25) is 0 Å². The quantitative estimate of drug-likeness (QED) is 0.407. The van der Waals surface area contributed by atoms with Gasteiger partial charge in [0.25, 0.3) is 0 Å². The van der Waals surface area contributed by atoms with Crippen molar-refractivity contribution in [3.05, 3.63) is 0 Å². The molecule has 1 unspecified atom stereocenters. The second-order valence-electron chi connectivity index (χ2n) is 2.08. The number of aldehydes is 1. The third kappa shape index (κ3) is 5.72. The third-order valence-electron chi connectivity index (χ3n) is 1.13. The highest BCUT2D eigenvalue weighted by atomic mass is 16.5. The highest BCUT2D eigenvalue weighted by Gasteiger charge is 1.96. The van der Waals surface area contributed by atoms with Crippen LogP contribution in [-0.4, -0.2) is 32.7 Å². The molecular formula is C7H14O3. The summed E-state index contributed by atoms with van der Waals surface area (Å²) in [6.07, 6.45) is 1.43. The minimum atomic E-state index is 0.117. The largest absolute Gasteiger partial charge is 0.379 e. The first kappa shape index (κ1) is 9.59. The van der Waals surface area contributed by atoms with Crippen LogP contribution in [0.3, 0.4) is 0 Å². The van der Waals surface area contributed by atoms with Crippen molar-refractivity contribution >= 4 is 6.29 Å². The summed E-state index contributed by atoms with van der Waals surface area (Å²) in [7, 11) is 1.63. The molecular weight excluding hydrogens is 132 g/mol. The number of hydrogen-bond acceptors (Lipinski definition) is 3. The Kier molecular flexibility index (Phi) is 6.43. The van der Waals surface area contributed by atoms with E-state index in [2.05, 4.69) is 0 Å². The fraction of sp³-hybridized carbons (Fsp3) is 0.857. The van der Waals surface area contributed by atoms with Crippen LogP contribution >= 0.6 is 0 Å². The summed E-state index contributed by atoms with van der Waals surface area (Å²) in [4.78, 5) is 9.81. The summed E-state index contributed by atoms with van der Waals surface area (Å²) < 4.78 is 9.99. The lowest BCUT2D eigenvalue weighted by molar-refractivity contribution is -0.109. The molecule has 0 heterocycles. The number of hydrogen-bond donors (Lipinski definition) is 0. The Labute approximate surface area is 61.3 Å². The van der Waals surface area contributed by atoms with Gasteiger partial charge in [-0.1, -0.05) is 0 Å². The monoisotopic (exact) mass is 146 g/mol. The summed E-state index contributed by atoms with van der Waals surface area (Å²) in [5, 5.41) is 0. The van der Waals surface area contributed by atoms with Crippen molar-refractivity contribution in [1.82, 2.24) is 0 Å². The van der Waals surface area contributed by atoms with Crippen molar-refractivity contribution in [1.29, 1.82) is 0 Å². The maximum atomic E-state index is 9.81. The third-order valence-corrected chi connectivity index (χ3v) is 1.13. The van der Waals surface area contributed by atoms with Crippen molar-refractivity contribution in [2.45, 2.75) is 19.4 Å². The molecule has 0 saturated carbocycles. The first-order valence-corrected chi connectivity index (χ1v) is 3.35. The highest BCUT2D eigenvalue weighted by molar-refractivity contribution is 5.49. The molecule has 0 saturated heterocycles. The van der Waals surface area contributed by atoms with Crippen LogP contribution in [0.15, 0.2) is 0 Å². The molecule has 0 amide bonds. The molecule has 0 rings (SSSR count). The lowest BCUT2D eigenvalue weighted by Gasteiger charge is -2.08. The first-order chi connectivity index (χ1) is 4.81. The molecule has 0 radical (unpaired) electrons. The molecule has 0 N–H and O–H groups in total. The van der Waals surface area contributed by atoms with E-state index in [1.807, 2.05) is 6.92 Å². The van der Waals surface area contributed by atoms with Gasteiger partial charge in [0.15, 0.2) is 0 Å². The fourth-order valence-electron chi connectivity index (χ4n) is 0.449. The van der Waals surface area contributed by atoms with Gasteiger partial charge in [0.2, 0.25) is 0 Å². The van der Waals surface area contributed by atoms with Gasteiger partial charge >= 0.3 is 0 Å². The van der Waals surface area contributed by atoms with Crippen LogP contribution in [0.5, 0.6) is 0 Å². The Morgan fingerprint density at radius 2 is 2.30 bits per heavy atom. The van der Waals surface area contributed by atoms with Crippen molar-refractivity contribution in [2.24, 2.45) is 0 Å². The molecule has 0 aromatic carbocycles. The molecule has 3 nitrogen and oxygen atoms in total. The maximum absolute atomic E-state index is 9.81. The Morgan fingerprint density at radius 3 is 2.80 bits per heavy atom. The van der Waals surface area contributed by atoms with E-state index < -0.39 is 0 Å². The maximum Gasteiger partial charge on any atom is 0.122 e. The van der Waals surface area contributed by atoms with Gasteiger partial charge < -0.3 is 14.3 Å². The van der Waals surface area contributed by atoms with E-state index in [1.165, 1.54) is 0 Å². The number of carbonyl (C=O) groups is 1. The average Bonchev–Trinajstić information content (AvgIpc) is 1.98. The predicted octanol–water partition coefficient (Wildman–Crippen LogP) is 0.627. The summed E-state index contributed by atoms with van der Waals surface area (Å²) in [6, 6.07) is 0. The van der Waals surface area contributed by atoms with Crippen LogP contribution in [0, 0.1) is 0 Å². The normalized spacial score (nSPS) is 13.0. The predicted molar refractivity (Wildman–Crippen MR) is 38.0 cm³/mol. The average molecular weight is 146 g/mol. The number of carbonyl (C=O) groups excluding carboxylic acids is 1. The van der Waals surface area contributed by atoms with E-state index in [1.54, 1.807) is 7.11 Å². The molecule has 0 aromatic heterocycles. The van der Waals surface area contributed by atoms with E-state index in [0.29, 0.717) is 19.6 Å². The Balaban J connectivity index is 2.95. The van der Waals surface area contributed by atoms with Gasteiger partial charge in [-0.25, -0.2) is 0 Å². The van der Waals surface area contributed by atoms with Crippen molar-refractivity contribution in [3.63, 3.8) is 0 Å². The van der Waals surface area contributed by atoms with Crippen LogP contribution in [0.25, 0.3) is 0 Å². The zero-order valence-corrected chi connectivity index (χ0v) is 6.50. The van der Waals surface area contributed by atoms with Crippen LogP contribution in [0.1, 0.15) is 13.3 Å². The molecule has 0 bridgehead atoms. The van der Waals surface area contributed by atoms with Gasteiger partial charge in [-0.15, -0.1) is 0 Å². The molecule has 0 fully saturated rings. The smallest absolute Gasteiger partial charge is 0.122 e. The van der Waals surface area contributed by atoms with Gasteiger partial charge in [-0.3, -0.25) is 0 Å². The van der Waals surface area contributed by atoms with Crippen molar-refractivity contribution in [3.8, 4) is 0 Å². The molecule has 0 aliphatic rings. The second-order valence-corrected chi connectivity index (χ2v) is 2.08. The Morgan fingerprint density at radius 1 is 1.60 bits per heavy atom. The zero-order chi connectivity index (χ0) is 7.82.